The Morgan fingerprint density at radius 1 is 1.38 bits per heavy atom. The van der Waals surface area contributed by atoms with E-state index in [0.717, 1.165) is 0 Å². The van der Waals surface area contributed by atoms with Gasteiger partial charge in [0.15, 0.2) is 11.6 Å². The normalized spacial score (nSPS) is 14.7. The van der Waals surface area contributed by atoms with E-state index in [0.29, 0.717) is 12.1 Å². The zero-order valence-electron chi connectivity index (χ0n) is 11.4. The molecule has 0 heterocycles. The van der Waals surface area contributed by atoms with Gasteiger partial charge in [-0.1, -0.05) is 6.92 Å². The number of carboxylic acids is 1. The molecule has 1 aromatic rings. The maximum absolute atomic E-state index is 13.6. The number of benzene rings is 1. The molecular weight excluding hydrogens is 308 g/mol. The van der Waals surface area contributed by atoms with Crippen LogP contribution in [0.3, 0.4) is 0 Å². The molecule has 1 rings (SSSR count). The Morgan fingerprint density at radius 2 is 1.95 bits per heavy atom. The van der Waals surface area contributed by atoms with Crippen molar-refractivity contribution in [3.05, 3.63) is 29.3 Å². The maximum Gasteiger partial charge on any atom is 0.335 e. The molecule has 0 spiro atoms. The van der Waals surface area contributed by atoms with Crippen LogP contribution < -0.4 is 4.72 Å². The molecule has 0 aliphatic carbocycles. The molecule has 0 bridgehead atoms. The SMILES string of the molecule is CCC(C)(O)CNS(=O)(=O)c1cc(C(=O)O)cc(F)c1F. The molecule has 9 heteroatoms. The highest BCUT2D eigenvalue weighted by molar-refractivity contribution is 7.89. The summed E-state index contributed by atoms with van der Waals surface area (Å²) in [5.74, 6) is -4.85. The van der Waals surface area contributed by atoms with Crippen LogP contribution in [0, 0.1) is 11.6 Å². The first kappa shape index (κ1) is 17.5. The van der Waals surface area contributed by atoms with Crippen molar-refractivity contribution in [3.63, 3.8) is 0 Å². The van der Waals surface area contributed by atoms with E-state index >= 15 is 0 Å². The number of rotatable bonds is 6. The lowest BCUT2D eigenvalue weighted by Crippen LogP contribution is -2.40. The molecule has 21 heavy (non-hydrogen) atoms. The molecule has 0 aliphatic rings. The highest BCUT2D eigenvalue weighted by Gasteiger charge is 2.27. The second kappa shape index (κ2) is 6.04. The van der Waals surface area contributed by atoms with E-state index in [1.807, 2.05) is 4.72 Å². The van der Waals surface area contributed by atoms with E-state index in [2.05, 4.69) is 0 Å². The van der Waals surface area contributed by atoms with Crippen molar-refractivity contribution < 1.29 is 32.2 Å². The average molecular weight is 323 g/mol. The van der Waals surface area contributed by atoms with Crippen molar-refractivity contribution in [1.29, 1.82) is 0 Å². The van der Waals surface area contributed by atoms with Gasteiger partial charge in [-0.05, 0) is 25.5 Å². The van der Waals surface area contributed by atoms with Gasteiger partial charge < -0.3 is 10.2 Å². The molecule has 0 radical (unpaired) electrons. The summed E-state index contributed by atoms with van der Waals surface area (Å²) in [6.07, 6.45) is 0.224. The molecule has 1 atom stereocenters. The van der Waals surface area contributed by atoms with Gasteiger partial charge in [0, 0.05) is 6.54 Å². The fourth-order valence-corrected chi connectivity index (χ4v) is 2.61. The first-order chi connectivity index (χ1) is 9.50. The van der Waals surface area contributed by atoms with Gasteiger partial charge in [0.25, 0.3) is 0 Å². The Hall–Kier alpha value is -1.58. The number of carboxylic acid groups (broad SMARTS) is 1. The Bertz CT molecular complexity index is 658. The third-order valence-corrected chi connectivity index (χ3v) is 4.34. The number of aliphatic hydroxyl groups is 1. The minimum absolute atomic E-state index is 0.224. The van der Waals surface area contributed by atoms with Crippen molar-refractivity contribution in [2.24, 2.45) is 0 Å². The van der Waals surface area contributed by atoms with Gasteiger partial charge in [0.1, 0.15) is 4.90 Å². The summed E-state index contributed by atoms with van der Waals surface area (Å²) in [4.78, 5) is 9.64. The first-order valence-corrected chi connectivity index (χ1v) is 7.43. The number of carbonyl (C=O) groups is 1. The Morgan fingerprint density at radius 3 is 2.43 bits per heavy atom. The molecule has 1 aromatic carbocycles. The lowest BCUT2D eigenvalue weighted by atomic mass is 10.1. The standard InChI is InChI=1S/C12H15F2NO5S/c1-3-12(2,18)6-15-21(19,20)9-5-7(11(16)17)4-8(13)10(9)14/h4-5,15,18H,3,6H2,1-2H3,(H,16,17). The molecule has 0 saturated carbocycles. The van der Waals surface area contributed by atoms with Crippen LogP contribution in [-0.2, 0) is 10.0 Å². The first-order valence-electron chi connectivity index (χ1n) is 5.94. The molecule has 0 aromatic heterocycles. The minimum Gasteiger partial charge on any atom is -0.478 e. The fraction of sp³-hybridized carbons (Fsp3) is 0.417. The Labute approximate surface area is 120 Å². The van der Waals surface area contributed by atoms with Crippen LogP contribution in [0.15, 0.2) is 17.0 Å². The molecule has 0 amide bonds. The van der Waals surface area contributed by atoms with Crippen LogP contribution in [0.4, 0.5) is 8.78 Å². The fourth-order valence-electron chi connectivity index (χ4n) is 1.34. The predicted octanol–water partition coefficient (Wildman–Crippen LogP) is 1.10. The van der Waals surface area contributed by atoms with Gasteiger partial charge >= 0.3 is 5.97 Å². The monoisotopic (exact) mass is 323 g/mol. The molecule has 3 N–H and O–H groups in total. The van der Waals surface area contributed by atoms with Crippen LogP contribution in [-0.4, -0.2) is 36.7 Å². The van der Waals surface area contributed by atoms with Crippen LogP contribution in [0.1, 0.15) is 30.6 Å². The minimum atomic E-state index is -4.50. The van der Waals surface area contributed by atoms with E-state index < -0.39 is 50.2 Å². The second-order valence-corrected chi connectivity index (χ2v) is 6.49. The van der Waals surface area contributed by atoms with E-state index in [1.54, 1.807) is 6.92 Å². The number of aromatic carboxylic acids is 1. The highest BCUT2D eigenvalue weighted by Crippen LogP contribution is 2.20. The topological polar surface area (TPSA) is 104 Å². The molecule has 0 saturated heterocycles. The van der Waals surface area contributed by atoms with Crippen molar-refractivity contribution >= 4 is 16.0 Å². The van der Waals surface area contributed by atoms with Crippen molar-refractivity contribution in [2.75, 3.05) is 6.54 Å². The molecule has 1 unspecified atom stereocenters. The summed E-state index contributed by atoms with van der Waals surface area (Å²) >= 11 is 0. The van der Waals surface area contributed by atoms with E-state index in [-0.39, 0.29) is 6.42 Å². The molecule has 118 valence electrons. The van der Waals surface area contributed by atoms with Crippen LogP contribution in [0.5, 0.6) is 0 Å². The van der Waals surface area contributed by atoms with Gasteiger partial charge in [-0.15, -0.1) is 0 Å². The maximum atomic E-state index is 13.6. The Balaban J connectivity index is 3.22. The van der Waals surface area contributed by atoms with E-state index in [9.17, 15) is 27.1 Å². The van der Waals surface area contributed by atoms with Gasteiger partial charge in [-0.25, -0.2) is 26.7 Å². The van der Waals surface area contributed by atoms with Crippen molar-refractivity contribution in [2.45, 2.75) is 30.8 Å². The molecule has 6 nitrogen and oxygen atoms in total. The highest BCUT2D eigenvalue weighted by atomic mass is 32.2. The van der Waals surface area contributed by atoms with Crippen molar-refractivity contribution in [1.82, 2.24) is 4.72 Å². The quantitative estimate of drug-likeness (QED) is 0.727. The van der Waals surface area contributed by atoms with Crippen molar-refractivity contribution in [3.8, 4) is 0 Å². The number of hydrogen-bond acceptors (Lipinski definition) is 4. The van der Waals surface area contributed by atoms with Crippen LogP contribution in [0.25, 0.3) is 0 Å². The van der Waals surface area contributed by atoms with Gasteiger partial charge in [0.05, 0.1) is 11.2 Å². The van der Waals surface area contributed by atoms with Crippen LogP contribution in [0.2, 0.25) is 0 Å². The predicted molar refractivity (Wildman–Crippen MR) is 69.4 cm³/mol. The lowest BCUT2D eigenvalue weighted by Gasteiger charge is -2.21. The number of nitrogens with one attached hydrogen (secondary N) is 1. The van der Waals surface area contributed by atoms with E-state index in [4.69, 9.17) is 5.11 Å². The van der Waals surface area contributed by atoms with Gasteiger partial charge in [0.2, 0.25) is 10.0 Å². The summed E-state index contributed by atoms with van der Waals surface area (Å²) in [6.45, 7) is 2.55. The zero-order valence-corrected chi connectivity index (χ0v) is 12.2. The number of halogens is 2. The molecule has 0 aliphatic heterocycles. The molecule has 0 fully saturated rings. The number of sulfonamides is 1. The van der Waals surface area contributed by atoms with Crippen LogP contribution >= 0.6 is 0 Å². The van der Waals surface area contributed by atoms with Gasteiger partial charge in [-0.3, -0.25) is 0 Å². The third kappa shape index (κ3) is 4.19. The van der Waals surface area contributed by atoms with Gasteiger partial charge in [-0.2, -0.15) is 0 Å². The summed E-state index contributed by atoms with van der Waals surface area (Å²) in [7, 11) is -4.50. The second-order valence-electron chi connectivity index (χ2n) is 4.75. The number of hydrogen-bond donors (Lipinski definition) is 3. The largest absolute Gasteiger partial charge is 0.478 e. The summed E-state index contributed by atoms with van der Waals surface area (Å²) in [5, 5.41) is 18.5. The zero-order chi connectivity index (χ0) is 16.4. The Kier molecular flexibility index (Phi) is 5.03. The average Bonchev–Trinajstić information content (AvgIpc) is 2.39. The summed E-state index contributed by atoms with van der Waals surface area (Å²) < 4.78 is 52.6. The molecular formula is C12H15F2NO5S. The summed E-state index contributed by atoms with van der Waals surface area (Å²) in [5.41, 5.74) is -2.07. The smallest absolute Gasteiger partial charge is 0.335 e. The van der Waals surface area contributed by atoms with E-state index in [1.165, 1.54) is 6.92 Å². The summed E-state index contributed by atoms with van der Waals surface area (Å²) in [6, 6.07) is 0.905. The lowest BCUT2D eigenvalue weighted by molar-refractivity contribution is 0.0612. The third-order valence-electron chi connectivity index (χ3n) is 2.94.